The summed E-state index contributed by atoms with van der Waals surface area (Å²) in [4.78, 5) is 21.2. The Balaban J connectivity index is 1.26. The van der Waals surface area contributed by atoms with Crippen molar-refractivity contribution in [3.8, 4) is 5.75 Å². The maximum absolute atomic E-state index is 13.9. The summed E-state index contributed by atoms with van der Waals surface area (Å²) in [5, 5.41) is -0.228. The van der Waals surface area contributed by atoms with Crippen LogP contribution >= 0.6 is 11.6 Å². The number of aryl methyl sites for hydroxylation is 1. The molecule has 0 aromatic heterocycles. The van der Waals surface area contributed by atoms with Crippen molar-refractivity contribution in [3.05, 3.63) is 70.3 Å². The number of fused-ring (bicyclic) bond motifs is 4. The van der Waals surface area contributed by atoms with E-state index in [-0.39, 0.29) is 24.0 Å². The minimum atomic E-state index is -4.11. The number of morpholine rings is 1. The number of amides is 1. The van der Waals surface area contributed by atoms with Crippen molar-refractivity contribution in [2.75, 3.05) is 84.8 Å². The molecule has 2 aromatic rings. The molecule has 4 heterocycles. The van der Waals surface area contributed by atoms with Crippen LogP contribution in [-0.4, -0.2) is 121 Å². The molecule has 296 valence electrons. The first-order chi connectivity index (χ1) is 26.1. The molecule has 5 aliphatic rings. The van der Waals surface area contributed by atoms with Crippen LogP contribution in [0, 0.1) is 17.8 Å². The molecular formula is C41H57ClN4O7S. The number of hydrogen-bond acceptors (Lipinski definition) is 10. The van der Waals surface area contributed by atoms with Crippen LogP contribution in [0.1, 0.15) is 60.5 Å². The molecule has 2 saturated heterocycles. The summed E-state index contributed by atoms with van der Waals surface area (Å²) in [6.07, 6.45) is 9.71. The van der Waals surface area contributed by atoms with Crippen molar-refractivity contribution in [1.29, 1.82) is 0 Å². The fourth-order valence-electron chi connectivity index (χ4n) is 9.30. The van der Waals surface area contributed by atoms with E-state index in [1.807, 2.05) is 44.4 Å². The van der Waals surface area contributed by atoms with Gasteiger partial charge in [0.15, 0.2) is 0 Å². The number of anilines is 1. The number of piperazine rings is 1. The maximum atomic E-state index is 13.9. The van der Waals surface area contributed by atoms with Crippen LogP contribution in [0.2, 0.25) is 5.02 Å². The van der Waals surface area contributed by atoms with E-state index in [0.717, 1.165) is 102 Å². The van der Waals surface area contributed by atoms with Crippen LogP contribution < -0.4 is 14.4 Å². The molecule has 1 amide bonds. The summed E-state index contributed by atoms with van der Waals surface area (Å²) in [5.74, 6) is 0.230. The van der Waals surface area contributed by atoms with E-state index < -0.39 is 26.8 Å². The van der Waals surface area contributed by atoms with Gasteiger partial charge in [0.05, 0.1) is 25.5 Å². The van der Waals surface area contributed by atoms with Gasteiger partial charge >= 0.3 is 0 Å². The summed E-state index contributed by atoms with van der Waals surface area (Å²) >= 11 is 6.42. The first kappa shape index (κ1) is 39.5. The van der Waals surface area contributed by atoms with Crippen molar-refractivity contribution in [1.82, 2.24) is 14.5 Å². The monoisotopic (exact) mass is 784 g/mol. The largest absolute Gasteiger partial charge is 0.487 e. The Morgan fingerprint density at radius 1 is 1.02 bits per heavy atom. The number of benzene rings is 2. The average Bonchev–Trinajstić information content (AvgIpc) is 3.17. The van der Waals surface area contributed by atoms with Gasteiger partial charge in [-0.1, -0.05) is 36.7 Å². The number of methoxy groups -OCH3 is 2. The molecule has 0 radical (unpaired) electrons. The molecule has 1 N–H and O–H groups in total. The van der Waals surface area contributed by atoms with Gasteiger partial charge in [-0.05, 0) is 97.7 Å². The number of rotatable bonds is 5. The number of halogens is 1. The minimum Gasteiger partial charge on any atom is -0.487 e. The number of nitrogens with zero attached hydrogens (tertiary/aromatic N) is 3. The maximum Gasteiger partial charge on any atom is 0.264 e. The lowest BCUT2D eigenvalue weighted by Gasteiger charge is -2.53. The van der Waals surface area contributed by atoms with Gasteiger partial charge in [-0.15, -0.1) is 0 Å². The van der Waals surface area contributed by atoms with E-state index in [0.29, 0.717) is 35.8 Å². The molecule has 3 fully saturated rings. The van der Waals surface area contributed by atoms with Gasteiger partial charge in [0, 0.05) is 76.7 Å². The number of carbonyl (C=O) groups is 1. The van der Waals surface area contributed by atoms with Gasteiger partial charge in [-0.3, -0.25) is 14.6 Å². The van der Waals surface area contributed by atoms with Gasteiger partial charge in [0.1, 0.15) is 23.2 Å². The van der Waals surface area contributed by atoms with Crippen molar-refractivity contribution < 1.29 is 32.2 Å². The quantitative estimate of drug-likeness (QED) is 0.409. The molecule has 11 nitrogen and oxygen atoms in total. The molecular weight excluding hydrogens is 728 g/mol. The normalized spacial score (nSPS) is 31.7. The third kappa shape index (κ3) is 8.65. The molecule has 1 aliphatic carbocycles. The van der Waals surface area contributed by atoms with Crippen molar-refractivity contribution in [3.63, 3.8) is 0 Å². The van der Waals surface area contributed by atoms with Crippen LogP contribution in [0.25, 0.3) is 0 Å². The number of allylic oxidation sites excluding steroid dienone is 1. The van der Waals surface area contributed by atoms with Crippen LogP contribution in [0.5, 0.6) is 5.75 Å². The van der Waals surface area contributed by atoms with E-state index in [1.165, 1.54) is 12.7 Å². The van der Waals surface area contributed by atoms with E-state index in [1.54, 1.807) is 6.07 Å². The summed E-state index contributed by atoms with van der Waals surface area (Å²) in [5.41, 5.74) is 2.75. The first-order valence-corrected chi connectivity index (χ1v) is 21.6. The van der Waals surface area contributed by atoms with Crippen molar-refractivity contribution in [2.24, 2.45) is 17.8 Å². The highest BCUT2D eigenvalue weighted by Gasteiger charge is 2.49. The van der Waals surface area contributed by atoms with E-state index >= 15 is 0 Å². The Kier molecular flexibility index (Phi) is 12.6. The minimum absolute atomic E-state index is 0.0377. The molecule has 1 saturated carbocycles. The van der Waals surface area contributed by atoms with Crippen molar-refractivity contribution in [2.45, 2.75) is 68.9 Å². The Morgan fingerprint density at radius 2 is 1.89 bits per heavy atom. The average molecular weight is 785 g/mol. The molecule has 4 aliphatic heterocycles. The van der Waals surface area contributed by atoms with Gasteiger partial charge in [0.25, 0.3) is 5.91 Å². The Hall–Kier alpha value is -2.71. The van der Waals surface area contributed by atoms with Crippen LogP contribution in [0.3, 0.4) is 0 Å². The third-order valence-electron chi connectivity index (χ3n) is 12.6. The van der Waals surface area contributed by atoms with Crippen LogP contribution in [0.4, 0.5) is 5.69 Å². The van der Waals surface area contributed by atoms with E-state index in [2.05, 4.69) is 31.6 Å². The fourth-order valence-corrected chi connectivity index (χ4v) is 11.1. The van der Waals surface area contributed by atoms with E-state index in [4.69, 9.17) is 30.5 Å². The second-order valence-electron chi connectivity index (χ2n) is 16.0. The first-order valence-electron chi connectivity index (χ1n) is 19.7. The van der Waals surface area contributed by atoms with Gasteiger partial charge in [0.2, 0.25) is 10.0 Å². The molecule has 0 spiro atoms. The smallest absolute Gasteiger partial charge is 0.264 e. The standard InChI is InChI=1S/C41H57ClN4O7S/c1-29-7-6-15-41(51-3,28-44-17-18-45-19-20-52-26-35(45)24-44)36-13-10-32(36)23-46-16-5-4-8-30-21-34(42)12-9-33(30)25-53-38-14-11-31(22-37(38)46)40(47)43-54(48,49)39(29)27-50-2/h6,9,11-12,14-15,21-22,29,32,35-36,39H,4-5,7-8,10,13,16-20,23-28H2,1-3H3,(H,43,47)/b15-6+/t29-,32-,35-,36+,39+,41+/m0/s1. The SMILES string of the molecule is COC[C@@H]1[C@@H](C)C/C=C/[C@](CN2CCN3CCOC[C@@H]3C2)(OC)[C@@H]2CC[C@H]2CN2CCCCc3cc(Cl)ccc3COc3ccc(cc32)C(=O)NS1(=O)=O. The summed E-state index contributed by atoms with van der Waals surface area (Å²) in [7, 11) is -0.779. The zero-order valence-corrected chi connectivity index (χ0v) is 33.6. The number of sulfonamides is 1. The van der Waals surface area contributed by atoms with Crippen molar-refractivity contribution >= 4 is 33.2 Å². The molecule has 54 heavy (non-hydrogen) atoms. The number of nitrogens with one attached hydrogen (secondary N) is 1. The lowest BCUT2D eigenvalue weighted by Crippen LogP contribution is -2.62. The Morgan fingerprint density at radius 3 is 2.69 bits per heavy atom. The van der Waals surface area contributed by atoms with Crippen LogP contribution in [0.15, 0.2) is 48.6 Å². The van der Waals surface area contributed by atoms with Crippen LogP contribution in [-0.2, 0) is 37.3 Å². The Labute approximate surface area is 326 Å². The Bertz CT molecular complexity index is 1780. The summed E-state index contributed by atoms with van der Waals surface area (Å²) in [6, 6.07) is 11.6. The second-order valence-corrected chi connectivity index (χ2v) is 18.3. The highest BCUT2D eigenvalue weighted by molar-refractivity contribution is 7.90. The zero-order valence-electron chi connectivity index (χ0n) is 32.0. The lowest BCUT2D eigenvalue weighted by molar-refractivity contribution is -0.108. The van der Waals surface area contributed by atoms with Gasteiger partial charge in [-0.25, -0.2) is 13.1 Å². The zero-order chi connectivity index (χ0) is 37.9. The van der Waals surface area contributed by atoms with Gasteiger partial charge < -0.3 is 23.8 Å². The summed E-state index contributed by atoms with van der Waals surface area (Å²) in [6.45, 7) is 9.90. The second kappa shape index (κ2) is 17.2. The van der Waals surface area contributed by atoms with E-state index in [9.17, 15) is 13.2 Å². The molecule has 2 bridgehead atoms. The highest BCUT2D eigenvalue weighted by Crippen LogP contribution is 2.47. The molecule has 0 unspecified atom stereocenters. The predicted octanol–water partition coefficient (Wildman–Crippen LogP) is 5.16. The van der Waals surface area contributed by atoms with Gasteiger partial charge in [-0.2, -0.15) is 0 Å². The lowest BCUT2D eigenvalue weighted by atomic mass is 9.63. The highest BCUT2D eigenvalue weighted by atomic mass is 35.5. The molecule has 13 heteroatoms. The molecule has 2 aromatic carbocycles. The third-order valence-corrected chi connectivity index (χ3v) is 14.7. The number of ether oxygens (including phenoxy) is 4. The fraction of sp³-hybridized carbons (Fsp3) is 0.634. The molecule has 6 atom stereocenters. The summed E-state index contributed by atoms with van der Waals surface area (Å²) < 4.78 is 54.8. The predicted molar refractivity (Wildman–Crippen MR) is 211 cm³/mol. The topological polar surface area (TPSA) is 110 Å². The molecule has 7 rings (SSSR count). The number of hydrogen-bond donors (Lipinski definition) is 1. The number of carbonyl (C=O) groups excluding carboxylic acids is 1.